The summed E-state index contributed by atoms with van der Waals surface area (Å²) >= 11 is 3.49. The van der Waals surface area contributed by atoms with Crippen molar-refractivity contribution in [3.8, 4) is 0 Å². The number of halogens is 1. The fraction of sp³-hybridized carbons (Fsp3) is 1.00. The van der Waals surface area contributed by atoms with E-state index in [0.29, 0.717) is 5.41 Å². The first-order valence-electron chi connectivity index (χ1n) is 6.04. The third kappa shape index (κ3) is 3.23. The monoisotopic (exact) mass is 261 g/mol. The van der Waals surface area contributed by atoms with E-state index in [1.807, 2.05) is 0 Å². The smallest absolute Gasteiger partial charge is 0.00382 e. The summed E-state index contributed by atoms with van der Waals surface area (Å²) in [7, 11) is 0. The van der Waals surface area contributed by atoms with Crippen molar-refractivity contribution in [2.45, 2.75) is 46.0 Å². The normalized spacial score (nSPS) is 21.6. The van der Waals surface area contributed by atoms with Gasteiger partial charge < -0.3 is 4.90 Å². The Morgan fingerprint density at radius 1 is 1.21 bits per heavy atom. The Morgan fingerprint density at radius 3 is 2.43 bits per heavy atom. The van der Waals surface area contributed by atoms with Crippen LogP contribution in [0.3, 0.4) is 0 Å². The molecule has 2 heteroatoms. The number of hydrogen-bond donors (Lipinski definition) is 0. The zero-order valence-corrected chi connectivity index (χ0v) is 11.3. The van der Waals surface area contributed by atoms with Crippen molar-refractivity contribution in [1.82, 2.24) is 4.90 Å². The fourth-order valence-corrected chi connectivity index (χ4v) is 2.87. The molecule has 0 aromatic rings. The third-order valence-electron chi connectivity index (χ3n) is 3.88. The Kier molecular flexibility index (Phi) is 5.47. The summed E-state index contributed by atoms with van der Waals surface area (Å²) in [5, 5.41) is 1.16. The minimum absolute atomic E-state index is 0.661. The summed E-state index contributed by atoms with van der Waals surface area (Å²) in [6.07, 6.45) is 6.82. The Bertz CT molecular complexity index is 154. The molecule has 0 radical (unpaired) electrons. The number of unbranched alkanes of at least 4 members (excludes halogenated alkanes) is 1. The maximum atomic E-state index is 3.49. The zero-order chi connectivity index (χ0) is 10.4. The van der Waals surface area contributed by atoms with E-state index in [4.69, 9.17) is 0 Å². The molecule has 0 atom stereocenters. The molecular weight excluding hydrogens is 238 g/mol. The van der Waals surface area contributed by atoms with Crippen LogP contribution in [-0.4, -0.2) is 29.9 Å². The van der Waals surface area contributed by atoms with Gasteiger partial charge in [0, 0.05) is 11.9 Å². The molecule has 0 N–H and O–H groups in total. The zero-order valence-electron chi connectivity index (χ0n) is 9.69. The minimum atomic E-state index is 0.661. The largest absolute Gasteiger partial charge is 0.303 e. The molecule has 1 fully saturated rings. The number of nitrogens with zero attached hydrogens (tertiary/aromatic N) is 1. The molecule has 0 bridgehead atoms. The van der Waals surface area contributed by atoms with E-state index in [2.05, 4.69) is 34.7 Å². The summed E-state index contributed by atoms with van der Waals surface area (Å²) in [5.41, 5.74) is 0.661. The van der Waals surface area contributed by atoms with Crippen molar-refractivity contribution >= 4 is 15.9 Å². The molecule has 0 spiro atoms. The lowest BCUT2D eigenvalue weighted by atomic mass is 9.82. The lowest BCUT2D eigenvalue weighted by Gasteiger charge is -2.26. The van der Waals surface area contributed by atoms with E-state index in [9.17, 15) is 0 Å². The van der Waals surface area contributed by atoms with Gasteiger partial charge in [-0.2, -0.15) is 0 Å². The van der Waals surface area contributed by atoms with Crippen LogP contribution < -0.4 is 0 Å². The highest BCUT2D eigenvalue weighted by molar-refractivity contribution is 9.09. The van der Waals surface area contributed by atoms with Gasteiger partial charge in [-0.05, 0) is 50.6 Å². The second-order valence-electron chi connectivity index (χ2n) is 4.63. The fourth-order valence-electron chi connectivity index (χ4n) is 2.48. The van der Waals surface area contributed by atoms with Crippen LogP contribution in [0.25, 0.3) is 0 Å². The Hall–Kier alpha value is 0.440. The van der Waals surface area contributed by atoms with Gasteiger partial charge in [0.2, 0.25) is 0 Å². The van der Waals surface area contributed by atoms with Gasteiger partial charge in [0.05, 0.1) is 0 Å². The van der Waals surface area contributed by atoms with Gasteiger partial charge in [-0.3, -0.25) is 0 Å². The summed E-state index contributed by atoms with van der Waals surface area (Å²) in [6.45, 7) is 8.70. The van der Waals surface area contributed by atoms with E-state index in [-0.39, 0.29) is 0 Å². The molecule has 1 nitrogen and oxygen atoms in total. The predicted molar refractivity (Wildman–Crippen MR) is 67.1 cm³/mol. The molecule has 0 saturated carbocycles. The second kappa shape index (κ2) is 6.12. The number of rotatable bonds is 6. The summed E-state index contributed by atoms with van der Waals surface area (Å²) in [6, 6.07) is 0. The van der Waals surface area contributed by atoms with Crippen LogP contribution in [0.15, 0.2) is 0 Å². The van der Waals surface area contributed by atoms with E-state index >= 15 is 0 Å². The van der Waals surface area contributed by atoms with Crippen LogP contribution in [0.5, 0.6) is 0 Å². The predicted octanol–water partition coefficient (Wildman–Crippen LogP) is 3.67. The van der Waals surface area contributed by atoms with Crippen molar-refractivity contribution in [3.63, 3.8) is 0 Å². The van der Waals surface area contributed by atoms with Crippen LogP contribution in [0.4, 0.5) is 0 Å². The molecule has 1 saturated heterocycles. The van der Waals surface area contributed by atoms with E-state index < -0.39 is 0 Å². The summed E-state index contributed by atoms with van der Waals surface area (Å²) in [4.78, 5) is 2.66. The summed E-state index contributed by atoms with van der Waals surface area (Å²) < 4.78 is 0. The molecule has 84 valence electrons. The van der Waals surface area contributed by atoms with Crippen molar-refractivity contribution in [1.29, 1.82) is 0 Å². The van der Waals surface area contributed by atoms with Crippen molar-refractivity contribution in [2.75, 3.05) is 25.0 Å². The van der Waals surface area contributed by atoms with Crippen LogP contribution >= 0.6 is 15.9 Å². The van der Waals surface area contributed by atoms with Crippen molar-refractivity contribution in [3.05, 3.63) is 0 Å². The highest BCUT2D eigenvalue weighted by atomic mass is 79.9. The maximum Gasteiger partial charge on any atom is 0.00382 e. The molecule has 0 aromatic carbocycles. The SMILES string of the molecule is CCC1(CC)CCN(CCCCBr)C1. The Labute approximate surface area is 97.4 Å². The minimum Gasteiger partial charge on any atom is -0.303 e. The molecule has 1 heterocycles. The molecule has 0 amide bonds. The first kappa shape index (κ1) is 12.5. The topological polar surface area (TPSA) is 3.24 Å². The standard InChI is InChI=1S/C12H24BrN/c1-3-12(4-2)7-10-14(11-12)9-6-5-8-13/h3-11H2,1-2H3. The van der Waals surface area contributed by atoms with Crippen LogP contribution in [0.1, 0.15) is 46.0 Å². The van der Waals surface area contributed by atoms with E-state index in [1.165, 1.54) is 51.7 Å². The third-order valence-corrected chi connectivity index (χ3v) is 4.44. The molecule has 0 unspecified atom stereocenters. The first-order valence-corrected chi connectivity index (χ1v) is 7.17. The Balaban J connectivity index is 2.25. The van der Waals surface area contributed by atoms with Gasteiger partial charge in [0.15, 0.2) is 0 Å². The van der Waals surface area contributed by atoms with E-state index in [1.54, 1.807) is 0 Å². The van der Waals surface area contributed by atoms with Crippen LogP contribution in [0, 0.1) is 5.41 Å². The molecule has 1 rings (SSSR count). The van der Waals surface area contributed by atoms with Crippen LogP contribution in [-0.2, 0) is 0 Å². The van der Waals surface area contributed by atoms with E-state index in [0.717, 1.165) is 5.33 Å². The quantitative estimate of drug-likeness (QED) is 0.521. The second-order valence-corrected chi connectivity index (χ2v) is 5.42. The van der Waals surface area contributed by atoms with Gasteiger partial charge in [0.1, 0.15) is 0 Å². The molecule has 1 aliphatic rings. The summed E-state index contributed by atoms with van der Waals surface area (Å²) in [5.74, 6) is 0. The lowest BCUT2D eigenvalue weighted by molar-refractivity contribution is 0.239. The highest BCUT2D eigenvalue weighted by Gasteiger charge is 2.34. The van der Waals surface area contributed by atoms with Crippen LogP contribution in [0.2, 0.25) is 0 Å². The van der Waals surface area contributed by atoms with Gasteiger partial charge in [-0.15, -0.1) is 0 Å². The van der Waals surface area contributed by atoms with Gasteiger partial charge >= 0.3 is 0 Å². The number of likely N-dealkylation sites (tertiary alicyclic amines) is 1. The van der Waals surface area contributed by atoms with Gasteiger partial charge in [-0.25, -0.2) is 0 Å². The first-order chi connectivity index (χ1) is 6.76. The molecule has 14 heavy (non-hydrogen) atoms. The molecule has 1 aliphatic heterocycles. The average molecular weight is 262 g/mol. The number of hydrogen-bond acceptors (Lipinski definition) is 1. The highest BCUT2D eigenvalue weighted by Crippen LogP contribution is 2.36. The molecular formula is C12H24BrN. The number of alkyl halides is 1. The van der Waals surface area contributed by atoms with Gasteiger partial charge in [0.25, 0.3) is 0 Å². The maximum absolute atomic E-state index is 3.49. The van der Waals surface area contributed by atoms with Crippen molar-refractivity contribution in [2.24, 2.45) is 5.41 Å². The molecule has 0 aromatic heterocycles. The molecule has 0 aliphatic carbocycles. The average Bonchev–Trinajstić information content (AvgIpc) is 2.63. The Morgan fingerprint density at radius 2 is 1.93 bits per heavy atom. The van der Waals surface area contributed by atoms with Crippen molar-refractivity contribution < 1.29 is 0 Å². The lowest BCUT2D eigenvalue weighted by Crippen LogP contribution is -2.27. The van der Waals surface area contributed by atoms with Gasteiger partial charge in [-0.1, -0.05) is 29.8 Å².